The van der Waals surface area contributed by atoms with Crippen molar-refractivity contribution in [1.82, 2.24) is 0 Å². The van der Waals surface area contributed by atoms with Crippen molar-refractivity contribution in [2.45, 2.75) is 65.6 Å². The zero-order chi connectivity index (χ0) is 12.3. The zero-order valence-electron chi connectivity index (χ0n) is 10.9. The smallest absolute Gasteiger partial charge is 0.0745 e. The zero-order valence-corrected chi connectivity index (χ0v) is 10.9. The third-order valence-electron chi connectivity index (χ3n) is 1.52. The van der Waals surface area contributed by atoms with Gasteiger partial charge in [-0.3, -0.25) is 0 Å². The molecular formula is C12H28O3. The first kappa shape index (κ1) is 17.3. The maximum absolute atomic E-state index is 8.79. The second-order valence-corrected chi connectivity index (χ2v) is 4.70. The van der Waals surface area contributed by atoms with Gasteiger partial charge in [-0.15, -0.1) is 0 Å². The maximum Gasteiger partial charge on any atom is 0.0745 e. The van der Waals surface area contributed by atoms with E-state index >= 15 is 0 Å². The van der Waals surface area contributed by atoms with E-state index in [-0.39, 0.29) is 11.7 Å². The van der Waals surface area contributed by atoms with Crippen LogP contribution in [0.2, 0.25) is 0 Å². The molecular weight excluding hydrogens is 192 g/mol. The van der Waals surface area contributed by atoms with Crippen molar-refractivity contribution in [2.75, 3.05) is 13.2 Å². The molecule has 0 aromatic rings. The van der Waals surface area contributed by atoms with E-state index in [9.17, 15) is 0 Å². The lowest BCUT2D eigenvalue weighted by Crippen LogP contribution is -2.24. The quantitative estimate of drug-likeness (QED) is 0.699. The van der Waals surface area contributed by atoms with Gasteiger partial charge in [-0.25, -0.2) is 0 Å². The summed E-state index contributed by atoms with van der Waals surface area (Å²) >= 11 is 0. The van der Waals surface area contributed by atoms with Crippen LogP contribution >= 0.6 is 0 Å². The van der Waals surface area contributed by atoms with Crippen LogP contribution in [0.3, 0.4) is 0 Å². The minimum absolute atomic E-state index is 0.128. The lowest BCUT2D eigenvalue weighted by atomic mass is 10.2. The van der Waals surface area contributed by atoms with Crippen molar-refractivity contribution in [3.8, 4) is 0 Å². The number of aliphatic hydroxyl groups excluding tert-OH is 2. The van der Waals surface area contributed by atoms with Crippen molar-refractivity contribution in [2.24, 2.45) is 0 Å². The van der Waals surface area contributed by atoms with E-state index < -0.39 is 0 Å². The summed E-state index contributed by atoms with van der Waals surface area (Å²) in [6.07, 6.45) is 2.97. The summed E-state index contributed by atoms with van der Waals surface area (Å²) in [5, 5.41) is 17.0. The Kier molecular flexibility index (Phi) is 12.0. The minimum Gasteiger partial charge on any atom is -0.396 e. The molecule has 94 valence electrons. The molecule has 0 aliphatic rings. The van der Waals surface area contributed by atoms with Crippen LogP contribution in [0.4, 0.5) is 0 Å². The molecule has 0 rings (SSSR count). The molecule has 0 radical (unpaired) electrons. The lowest BCUT2D eigenvalue weighted by Gasteiger charge is -2.20. The highest BCUT2D eigenvalue weighted by atomic mass is 16.5. The van der Waals surface area contributed by atoms with Crippen LogP contribution in [0.1, 0.15) is 53.9 Å². The van der Waals surface area contributed by atoms with Crippen molar-refractivity contribution >= 4 is 0 Å². The molecule has 0 saturated carbocycles. The van der Waals surface area contributed by atoms with Crippen LogP contribution in [0.5, 0.6) is 0 Å². The third kappa shape index (κ3) is 24.8. The second-order valence-electron chi connectivity index (χ2n) is 4.70. The number of aliphatic hydroxyl groups is 2. The fourth-order valence-corrected chi connectivity index (χ4v) is 0.732. The highest BCUT2D eigenvalue weighted by Gasteiger charge is 2.10. The van der Waals surface area contributed by atoms with Gasteiger partial charge in [0, 0.05) is 6.61 Å². The van der Waals surface area contributed by atoms with Gasteiger partial charge in [-0.05, 0) is 34.1 Å². The summed E-state index contributed by atoms with van der Waals surface area (Å²) < 4.78 is 5.24. The Labute approximate surface area is 94.5 Å². The maximum atomic E-state index is 8.79. The Balaban J connectivity index is 0. The van der Waals surface area contributed by atoms with Gasteiger partial charge in [-0.2, -0.15) is 0 Å². The molecule has 3 heteroatoms. The summed E-state index contributed by atoms with van der Waals surface area (Å²) in [6.45, 7) is 10.5. The van der Waals surface area contributed by atoms with E-state index in [2.05, 4.69) is 6.92 Å². The second kappa shape index (κ2) is 10.4. The molecule has 15 heavy (non-hydrogen) atoms. The van der Waals surface area contributed by atoms with Gasteiger partial charge in [0.1, 0.15) is 0 Å². The Morgan fingerprint density at radius 3 is 1.87 bits per heavy atom. The standard InChI is InChI=1S/C7H16O2.C5H12O/c1-6(8)5-9-7(2,3)4;1-2-3-4-5-6/h6,8H,5H2,1-4H3;6H,2-5H2,1H3. The first-order valence-corrected chi connectivity index (χ1v) is 5.76. The van der Waals surface area contributed by atoms with Crippen molar-refractivity contribution < 1.29 is 14.9 Å². The number of rotatable bonds is 5. The third-order valence-corrected chi connectivity index (χ3v) is 1.52. The average Bonchev–Trinajstić information content (AvgIpc) is 2.11. The SMILES string of the molecule is CC(O)COC(C)(C)C.CCCCCO. The molecule has 1 unspecified atom stereocenters. The largest absolute Gasteiger partial charge is 0.396 e. The first-order chi connectivity index (χ1) is 6.83. The predicted octanol–water partition coefficient (Wildman–Crippen LogP) is 2.35. The van der Waals surface area contributed by atoms with Gasteiger partial charge in [0.25, 0.3) is 0 Å². The van der Waals surface area contributed by atoms with Crippen molar-refractivity contribution in [3.05, 3.63) is 0 Å². The molecule has 0 aromatic heterocycles. The summed E-state index contributed by atoms with van der Waals surface area (Å²) in [5.41, 5.74) is -0.128. The van der Waals surface area contributed by atoms with Crippen LogP contribution in [-0.4, -0.2) is 35.1 Å². The van der Waals surface area contributed by atoms with Crippen LogP contribution in [0, 0.1) is 0 Å². The van der Waals surface area contributed by atoms with Gasteiger partial charge >= 0.3 is 0 Å². The number of unbranched alkanes of at least 4 members (excludes halogenated alkanes) is 2. The minimum atomic E-state index is -0.357. The normalized spacial score (nSPS) is 13.0. The molecule has 3 nitrogen and oxygen atoms in total. The van der Waals surface area contributed by atoms with Crippen LogP contribution in [0.25, 0.3) is 0 Å². The fraction of sp³-hybridized carbons (Fsp3) is 1.00. The average molecular weight is 220 g/mol. The predicted molar refractivity (Wildman–Crippen MR) is 64.0 cm³/mol. The number of ether oxygens (including phenoxy) is 1. The van der Waals surface area contributed by atoms with Gasteiger partial charge in [0.15, 0.2) is 0 Å². The van der Waals surface area contributed by atoms with E-state index in [0.29, 0.717) is 13.2 Å². The highest BCUT2D eigenvalue weighted by Crippen LogP contribution is 2.06. The van der Waals surface area contributed by atoms with Gasteiger partial charge in [0.2, 0.25) is 0 Å². The summed E-state index contributed by atoms with van der Waals surface area (Å²) in [6, 6.07) is 0. The molecule has 0 heterocycles. The summed E-state index contributed by atoms with van der Waals surface area (Å²) in [5.74, 6) is 0. The van der Waals surface area contributed by atoms with Crippen molar-refractivity contribution in [1.29, 1.82) is 0 Å². The van der Waals surface area contributed by atoms with E-state index in [0.717, 1.165) is 12.8 Å². The molecule has 0 bridgehead atoms. The molecule has 0 aliphatic carbocycles. The molecule has 0 aliphatic heterocycles. The van der Waals surface area contributed by atoms with E-state index in [1.807, 2.05) is 20.8 Å². The monoisotopic (exact) mass is 220 g/mol. The number of hydrogen-bond acceptors (Lipinski definition) is 3. The van der Waals surface area contributed by atoms with E-state index in [4.69, 9.17) is 14.9 Å². The van der Waals surface area contributed by atoms with Gasteiger partial charge in [-0.1, -0.05) is 19.8 Å². The van der Waals surface area contributed by atoms with Crippen LogP contribution in [-0.2, 0) is 4.74 Å². The molecule has 0 fully saturated rings. The van der Waals surface area contributed by atoms with E-state index in [1.165, 1.54) is 6.42 Å². The molecule has 0 saturated heterocycles. The number of hydrogen-bond donors (Lipinski definition) is 2. The summed E-state index contributed by atoms with van der Waals surface area (Å²) in [4.78, 5) is 0. The van der Waals surface area contributed by atoms with Crippen LogP contribution in [0.15, 0.2) is 0 Å². The lowest BCUT2D eigenvalue weighted by molar-refractivity contribution is -0.0436. The Morgan fingerprint density at radius 1 is 1.20 bits per heavy atom. The highest BCUT2D eigenvalue weighted by molar-refractivity contribution is 4.59. The molecule has 0 aromatic carbocycles. The Bertz CT molecular complexity index is 113. The topological polar surface area (TPSA) is 49.7 Å². The van der Waals surface area contributed by atoms with Gasteiger partial charge in [0.05, 0.1) is 18.3 Å². The van der Waals surface area contributed by atoms with Crippen LogP contribution < -0.4 is 0 Å². The van der Waals surface area contributed by atoms with Crippen molar-refractivity contribution in [3.63, 3.8) is 0 Å². The van der Waals surface area contributed by atoms with Gasteiger partial charge < -0.3 is 14.9 Å². The Hall–Kier alpha value is -0.120. The van der Waals surface area contributed by atoms with E-state index in [1.54, 1.807) is 6.92 Å². The fourth-order valence-electron chi connectivity index (χ4n) is 0.732. The molecule has 0 spiro atoms. The molecule has 2 N–H and O–H groups in total. The first-order valence-electron chi connectivity index (χ1n) is 5.76. The molecule has 0 amide bonds. The summed E-state index contributed by atoms with van der Waals surface area (Å²) in [7, 11) is 0. The Morgan fingerprint density at radius 2 is 1.73 bits per heavy atom. The molecule has 1 atom stereocenters.